The lowest BCUT2D eigenvalue weighted by molar-refractivity contribution is 1.18. The molecule has 0 unspecified atom stereocenters. The van der Waals surface area contributed by atoms with Gasteiger partial charge < -0.3 is 9.47 Å². The third kappa shape index (κ3) is 6.18. The summed E-state index contributed by atoms with van der Waals surface area (Å²) in [4.78, 5) is 2.36. The monoisotopic (exact) mass is 794 g/mol. The molecule has 0 spiro atoms. The van der Waals surface area contributed by atoms with Crippen molar-refractivity contribution in [3.05, 3.63) is 231 Å². The van der Waals surface area contributed by atoms with Gasteiger partial charge in [0.25, 0.3) is 0 Å². The molecule has 2 nitrogen and oxygen atoms in total. The zero-order chi connectivity index (χ0) is 40.3. The maximum absolute atomic E-state index is 2.37. The van der Waals surface area contributed by atoms with Gasteiger partial charge in [-0.3, -0.25) is 0 Å². The molecule has 0 N–H and O–H groups in total. The molecule has 0 saturated heterocycles. The number of aromatic nitrogens is 1. The first-order valence-corrected chi connectivity index (χ1v) is 21.6. The van der Waals surface area contributed by atoms with Crippen LogP contribution in [-0.4, -0.2) is 4.57 Å². The van der Waals surface area contributed by atoms with Gasteiger partial charge >= 0.3 is 0 Å². The first kappa shape index (κ1) is 35.2. The van der Waals surface area contributed by atoms with Gasteiger partial charge in [-0.25, -0.2) is 0 Å². The first-order chi connectivity index (χ1) is 30.2. The van der Waals surface area contributed by atoms with Crippen molar-refractivity contribution in [3.8, 4) is 39.1 Å². The highest BCUT2D eigenvalue weighted by atomic mass is 32.1. The van der Waals surface area contributed by atoms with Crippen LogP contribution < -0.4 is 4.90 Å². The van der Waals surface area contributed by atoms with Crippen LogP contribution in [0.2, 0.25) is 0 Å². The van der Waals surface area contributed by atoms with Crippen LogP contribution >= 0.6 is 11.3 Å². The smallest absolute Gasteiger partial charge is 0.0541 e. The summed E-state index contributed by atoms with van der Waals surface area (Å²) in [5.41, 5.74) is 14.1. The molecule has 0 atom stereocenters. The van der Waals surface area contributed by atoms with Crippen LogP contribution in [0.5, 0.6) is 0 Å². The standard InChI is InChI=1S/C58H38N2S/c1-2-12-47(13-3-1)60-55-16-8-6-14-51(55)54-37-45(27-35-56(54)60)41-22-30-49(31-23-41)59(48-28-20-40(21-29-48)44-19-18-39-10-4-5-11-43(39)36-44)50-32-24-42(25-33-50)46-26-34-53-52-15-7-9-17-57(52)61-58(53)38-46/h1-38H. The summed E-state index contributed by atoms with van der Waals surface area (Å²) in [5, 5.41) is 7.66. The highest BCUT2D eigenvalue weighted by molar-refractivity contribution is 7.25. The fourth-order valence-corrected chi connectivity index (χ4v) is 10.3. The topological polar surface area (TPSA) is 8.17 Å². The summed E-state index contributed by atoms with van der Waals surface area (Å²) in [6, 6.07) is 84.2. The van der Waals surface area contributed by atoms with Crippen LogP contribution in [0, 0.1) is 0 Å². The van der Waals surface area contributed by atoms with Crippen molar-refractivity contribution in [1.82, 2.24) is 4.57 Å². The largest absolute Gasteiger partial charge is 0.311 e. The highest BCUT2D eigenvalue weighted by Gasteiger charge is 2.16. The predicted octanol–water partition coefficient (Wildman–Crippen LogP) is 16.8. The predicted molar refractivity (Wildman–Crippen MR) is 262 cm³/mol. The minimum Gasteiger partial charge on any atom is -0.311 e. The van der Waals surface area contributed by atoms with Crippen LogP contribution in [0.15, 0.2) is 231 Å². The Morgan fingerprint density at radius 2 is 0.787 bits per heavy atom. The van der Waals surface area contributed by atoms with Crippen LogP contribution in [0.4, 0.5) is 17.1 Å². The van der Waals surface area contributed by atoms with Gasteiger partial charge in [-0.1, -0.05) is 146 Å². The van der Waals surface area contributed by atoms with Crippen LogP contribution in [0.25, 0.3) is 91.8 Å². The minimum absolute atomic E-state index is 1.10. The van der Waals surface area contributed by atoms with E-state index in [0.717, 1.165) is 17.1 Å². The molecule has 10 aromatic carbocycles. The Morgan fingerprint density at radius 3 is 1.49 bits per heavy atom. The minimum atomic E-state index is 1.10. The Bertz CT molecular complexity index is 3560. The number of rotatable bonds is 7. The lowest BCUT2D eigenvalue weighted by Gasteiger charge is -2.26. The number of para-hydroxylation sites is 2. The molecule has 0 amide bonds. The van der Waals surface area contributed by atoms with Crippen LogP contribution in [0.1, 0.15) is 0 Å². The van der Waals surface area contributed by atoms with Gasteiger partial charge in [0, 0.05) is 53.7 Å². The molecule has 12 aromatic rings. The van der Waals surface area contributed by atoms with Crippen molar-refractivity contribution >= 4 is 81.1 Å². The third-order valence-electron chi connectivity index (χ3n) is 12.2. The second kappa shape index (κ2) is 14.5. The normalized spacial score (nSPS) is 11.6. The molecule has 61 heavy (non-hydrogen) atoms. The van der Waals surface area contributed by atoms with Crippen molar-refractivity contribution < 1.29 is 0 Å². The maximum atomic E-state index is 2.37. The summed E-state index contributed by atoms with van der Waals surface area (Å²) >= 11 is 1.86. The molecular weight excluding hydrogens is 757 g/mol. The zero-order valence-electron chi connectivity index (χ0n) is 33.2. The van der Waals surface area contributed by atoms with Gasteiger partial charge in [-0.05, 0) is 129 Å². The fourth-order valence-electron chi connectivity index (χ4n) is 9.14. The number of fused-ring (bicyclic) bond motifs is 7. The van der Waals surface area contributed by atoms with Gasteiger partial charge in [-0.2, -0.15) is 0 Å². The lowest BCUT2D eigenvalue weighted by Crippen LogP contribution is -2.09. The summed E-state index contributed by atoms with van der Waals surface area (Å²) < 4.78 is 5.01. The van der Waals surface area contributed by atoms with Crippen molar-refractivity contribution in [3.63, 3.8) is 0 Å². The second-order valence-electron chi connectivity index (χ2n) is 15.8. The van der Waals surface area contributed by atoms with E-state index in [1.807, 2.05) is 11.3 Å². The molecule has 0 radical (unpaired) electrons. The highest BCUT2D eigenvalue weighted by Crippen LogP contribution is 2.41. The van der Waals surface area contributed by atoms with Crippen molar-refractivity contribution in [2.45, 2.75) is 0 Å². The molecule has 286 valence electrons. The Kier molecular flexibility index (Phi) is 8.39. The maximum Gasteiger partial charge on any atom is 0.0541 e. The van der Waals surface area contributed by atoms with Gasteiger partial charge in [0.1, 0.15) is 0 Å². The van der Waals surface area contributed by atoms with E-state index in [2.05, 4.69) is 240 Å². The molecule has 2 heterocycles. The molecule has 0 aliphatic carbocycles. The number of hydrogen-bond donors (Lipinski definition) is 0. The molecule has 0 fully saturated rings. The van der Waals surface area contributed by atoms with E-state index in [1.54, 1.807) is 0 Å². The molecule has 12 rings (SSSR count). The van der Waals surface area contributed by atoms with E-state index in [-0.39, 0.29) is 0 Å². The molecule has 3 heteroatoms. The van der Waals surface area contributed by atoms with E-state index >= 15 is 0 Å². The Hall–Kier alpha value is -7.72. The van der Waals surface area contributed by atoms with Crippen molar-refractivity contribution in [1.29, 1.82) is 0 Å². The molecule has 0 aliphatic heterocycles. The van der Waals surface area contributed by atoms with E-state index in [0.29, 0.717) is 0 Å². The van der Waals surface area contributed by atoms with E-state index in [9.17, 15) is 0 Å². The van der Waals surface area contributed by atoms with Crippen molar-refractivity contribution in [2.24, 2.45) is 0 Å². The van der Waals surface area contributed by atoms with Gasteiger partial charge in [0.15, 0.2) is 0 Å². The zero-order valence-corrected chi connectivity index (χ0v) is 34.1. The van der Waals surface area contributed by atoms with E-state index < -0.39 is 0 Å². The number of hydrogen-bond acceptors (Lipinski definition) is 2. The summed E-state index contributed by atoms with van der Waals surface area (Å²) in [5.74, 6) is 0. The molecule has 0 bridgehead atoms. The number of benzene rings is 10. The summed E-state index contributed by atoms with van der Waals surface area (Å²) in [6.45, 7) is 0. The summed E-state index contributed by atoms with van der Waals surface area (Å²) in [7, 11) is 0. The lowest BCUT2D eigenvalue weighted by atomic mass is 10.00. The average molecular weight is 795 g/mol. The van der Waals surface area contributed by atoms with E-state index in [4.69, 9.17) is 0 Å². The second-order valence-corrected chi connectivity index (χ2v) is 16.9. The van der Waals surface area contributed by atoms with Gasteiger partial charge in [0.05, 0.1) is 11.0 Å². The van der Waals surface area contributed by atoms with E-state index in [1.165, 1.54) is 91.8 Å². The Labute approximate surface area is 358 Å². The molecular formula is C58H38N2S. The third-order valence-corrected chi connectivity index (χ3v) is 13.3. The number of thiophene rings is 1. The SMILES string of the molecule is c1ccc(-n2c3ccccc3c3cc(-c4ccc(N(c5ccc(-c6ccc7ccccc7c6)cc5)c5ccc(-c6ccc7c(c6)sc6ccccc67)cc5)cc4)ccc32)cc1. The van der Waals surface area contributed by atoms with Crippen LogP contribution in [-0.2, 0) is 0 Å². The Morgan fingerprint density at radius 1 is 0.295 bits per heavy atom. The van der Waals surface area contributed by atoms with Crippen molar-refractivity contribution in [2.75, 3.05) is 4.90 Å². The van der Waals surface area contributed by atoms with Crippen LogP contribution in [0.3, 0.4) is 0 Å². The van der Waals surface area contributed by atoms with Gasteiger partial charge in [-0.15, -0.1) is 11.3 Å². The fraction of sp³-hybridized carbons (Fsp3) is 0. The quantitative estimate of drug-likeness (QED) is 0.156. The number of anilines is 3. The Balaban J connectivity index is 0.919. The van der Waals surface area contributed by atoms with Gasteiger partial charge in [0.2, 0.25) is 0 Å². The average Bonchev–Trinajstić information content (AvgIpc) is 3.87. The molecule has 0 saturated carbocycles. The first-order valence-electron chi connectivity index (χ1n) is 20.8. The number of nitrogens with zero attached hydrogens (tertiary/aromatic N) is 2. The molecule has 2 aromatic heterocycles. The molecule has 0 aliphatic rings. The summed E-state index contributed by atoms with van der Waals surface area (Å²) in [6.07, 6.45) is 0.